The minimum atomic E-state index is -0.449. The van der Waals surface area contributed by atoms with Gasteiger partial charge in [0.2, 0.25) is 0 Å². The second-order valence-corrected chi connectivity index (χ2v) is 6.65. The third kappa shape index (κ3) is 3.86. The summed E-state index contributed by atoms with van der Waals surface area (Å²) < 4.78 is 5.37. The summed E-state index contributed by atoms with van der Waals surface area (Å²) in [7, 11) is 1.59. The van der Waals surface area contributed by atoms with Gasteiger partial charge in [0.15, 0.2) is 4.32 Å². The molecule has 0 saturated carbocycles. The Morgan fingerprint density at radius 2 is 2.08 bits per heavy atom. The Kier molecular flexibility index (Phi) is 5.11. The highest BCUT2D eigenvalue weighted by Gasteiger charge is 2.33. The summed E-state index contributed by atoms with van der Waals surface area (Å²) in [5.74, 6) is -0.0911. The number of carbonyl (C=O) groups excluding carboxylic acids is 2. The summed E-state index contributed by atoms with van der Waals surface area (Å²) in [6.45, 7) is 0. The number of methoxy groups -OCH3 is 1. The van der Waals surface area contributed by atoms with E-state index in [9.17, 15) is 9.59 Å². The molecule has 3 rings (SSSR count). The Morgan fingerprint density at radius 1 is 1.32 bits per heavy atom. The number of hydrogen-bond donors (Lipinski definition) is 1. The lowest BCUT2D eigenvalue weighted by atomic mass is 10.2. The number of hydrazine groups is 1. The van der Waals surface area contributed by atoms with Gasteiger partial charge in [0.25, 0.3) is 11.8 Å². The second kappa shape index (κ2) is 7.45. The van der Waals surface area contributed by atoms with E-state index in [1.165, 1.54) is 6.20 Å². The zero-order chi connectivity index (χ0) is 17.8. The number of amides is 2. The van der Waals surface area contributed by atoms with Crippen molar-refractivity contribution in [1.82, 2.24) is 15.4 Å². The van der Waals surface area contributed by atoms with Gasteiger partial charge in [0.1, 0.15) is 5.75 Å². The molecule has 8 heteroatoms. The standard InChI is InChI=1S/C17H13N3O3S2/c1-23-13-6-4-11(5-7-13)9-14-16(22)20(17(24)25-14)19-15(21)12-3-2-8-18-10-12/h2-10H,1H3,(H,19,21). The predicted molar refractivity (Wildman–Crippen MR) is 99.7 cm³/mol. The third-order valence-electron chi connectivity index (χ3n) is 3.34. The third-order valence-corrected chi connectivity index (χ3v) is 4.65. The van der Waals surface area contributed by atoms with Crippen molar-refractivity contribution in [1.29, 1.82) is 0 Å². The lowest BCUT2D eigenvalue weighted by Gasteiger charge is -2.15. The van der Waals surface area contributed by atoms with Gasteiger partial charge in [-0.15, -0.1) is 0 Å². The van der Waals surface area contributed by atoms with Crippen molar-refractivity contribution in [3.05, 3.63) is 64.8 Å². The Hall–Kier alpha value is -2.71. The molecule has 1 saturated heterocycles. The van der Waals surface area contributed by atoms with Crippen LogP contribution in [0.4, 0.5) is 0 Å². The molecule has 1 aromatic heterocycles. The van der Waals surface area contributed by atoms with Gasteiger partial charge >= 0.3 is 0 Å². The van der Waals surface area contributed by atoms with E-state index in [1.54, 1.807) is 43.6 Å². The van der Waals surface area contributed by atoms with E-state index < -0.39 is 5.91 Å². The lowest BCUT2D eigenvalue weighted by Crippen LogP contribution is -2.44. The van der Waals surface area contributed by atoms with Crippen LogP contribution in [-0.4, -0.2) is 33.2 Å². The van der Waals surface area contributed by atoms with Crippen LogP contribution < -0.4 is 10.2 Å². The Labute approximate surface area is 153 Å². The molecule has 126 valence electrons. The molecule has 25 heavy (non-hydrogen) atoms. The Morgan fingerprint density at radius 3 is 2.72 bits per heavy atom. The highest BCUT2D eigenvalue weighted by molar-refractivity contribution is 8.26. The van der Waals surface area contributed by atoms with Gasteiger partial charge in [-0.05, 0) is 48.1 Å². The molecule has 1 aromatic carbocycles. The van der Waals surface area contributed by atoms with Crippen molar-refractivity contribution < 1.29 is 14.3 Å². The van der Waals surface area contributed by atoms with E-state index in [0.29, 0.717) is 10.5 Å². The molecule has 2 aromatic rings. The van der Waals surface area contributed by atoms with Gasteiger partial charge in [0, 0.05) is 12.4 Å². The van der Waals surface area contributed by atoms with Crippen LogP contribution in [-0.2, 0) is 4.79 Å². The number of hydrogen-bond acceptors (Lipinski definition) is 6. The first-order chi connectivity index (χ1) is 12.1. The normalized spacial score (nSPS) is 15.6. The number of nitrogens with zero attached hydrogens (tertiary/aromatic N) is 2. The fourth-order valence-electron chi connectivity index (χ4n) is 2.08. The molecule has 2 heterocycles. The highest BCUT2D eigenvalue weighted by atomic mass is 32.2. The minimum absolute atomic E-state index is 0.266. The van der Waals surface area contributed by atoms with Crippen LogP contribution in [0.25, 0.3) is 6.08 Å². The van der Waals surface area contributed by atoms with Crippen molar-refractivity contribution in [3.63, 3.8) is 0 Å². The number of carbonyl (C=O) groups is 2. The van der Waals surface area contributed by atoms with Crippen LogP contribution in [0.3, 0.4) is 0 Å². The van der Waals surface area contributed by atoms with Crippen molar-refractivity contribution >= 4 is 46.2 Å². The molecule has 6 nitrogen and oxygen atoms in total. The highest BCUT2D eigenvalue weighted by Crippen LogP contribution is 2.31. The van der Waals surface area contributed by atoms with Crippen LogP contribution >= 0.6 is 24.0 Å². The van der Waals surface area contributed by atoms with E-state index in [4.69, 9.17) is 17.0 Å². The average molecular weight is 371 g/mol. The van der Waals surface area contributed by atoms with Crippen molar-refractivity contribution in [2.75, 3.05) is 7.11 Å². The number of thiocarbonyl (C=S) groups is 1. The maximum absolute atomic E-state index is 12.5. The maximum atomic E-state index is 12.5. The molecular weight excluding hydrogens is 358 g/mol. The quantitative estimate of drug-likeness (QED) is 0.658. The van der Waals surface area contributed by atoms with Crippen molar-refractivity contribution in [2.24, 2.45) is 0 Å². The van der Waals surface area contributed by atoms with Crippen molar-refractivity contribution in [2.45, 2.75) is 0 Å². The predicted octanol–water partition coefficient (Wildman–Crippen LogP) is 2.64. The molecular formula is C17H13N3O3S2. The van der Waals surface area contributed by atoms with E-state index in [0.717, 1.165) is 28.1 Å². The van der Waals surface area contributed by atoms with E-state index in [1.807, 2.05) is 12.1 Å². The van der Waals surface area contributed by atoms with Crippen LogP contribution in [0.2, 0.25) is 0 Å². The van der Waals surface area contributed by atoms with Gasteiger partial charge in [-0.25, -0.2) is 0 Å². The number of aromatic nitrogens is 1. The fraction of sp³-hybridized carbons (Fsp3) is 0.0588. The molecule has 2 amide bonds. The number of pyridine rings is 1. The largest absolute Gasteiger partial charge is 0.497 e. The summed E-state index contributed by atoms with van der Waals surface area (Å²) >= 11 is 6.33. The van der Waals surface area contributed by atoms with Crippen molar-refractivity contribution in [3.8, 4) is 5.75 Å². The number of thioether (sulfide) groups is 1. The zero-order valence-corrected chi connectivity index (χ0v) is 14.8. The van der Waals surface area contributed by atoms with E-state index >= 15 is 0 Å². The van der Waals surface area contributed by atoms with Crippen LogP contribution in [0.5, 0.6) is 5.75 Å². The molecule has 0 unspecified atom stereocenters. The molecule has 0 aliphatic carbocycles. The first-order valence-corrected chi connectivity index (χ1v) is 8.44. The number of nitrogens with one attached hydrogen (secondary N) is 1. The number of ether oxygens (including phenoxy) is 1. The molecule has 1 fully saturated rings. The summed E-state index contributed by atoms with van der Waals surface area (Å²) in [6, 6.07) is 10.5. The maximum Gasteiger partial charge on any atom is 0.285 e. The average Bonchev–Trinajstić information content (AvgIpc) is 2.90. The van der Waals surface area contributed by atoms with Crippen LogP contribution in [0.1, 0.15) is 15.9 Å². The molecule has 1 aliphatic heterocycles. The first-order valence-electron chi connectivity index (χ1n) is 7.21. The molecule has 1 N–H and O–H groups in total. The van der Waals surface area contributed by atoms with Crippen LogP contribution in [0, 0.1) is 0 Å². The SMILES string of the molecule is COc1ccc(C=C2SC(=S)N(NC(=O)c3cccnc3)C2=O)cc1. The smallest absolute Gasteiger partial charge is 0.285 e. The summed E-state index contributed by atoms with van der Waals surface area (Å²) in [4.78, 5) is 29.0. The summed E-state index contributed by atoms with van der Waals surface area (Å²) in [5, 5.41) is 1.07. The first kappa shape index (κ1) is 17.1. The number of benzene rings is 1. The molecule has 0 spiro atoms. The van der Waals surface area contributed by atoms with Gasteiger partial charge in [-0.2, -0.15) is 5.01 Å². The summed E-state index contributed by atoms with van der Waals surface area (Å²) in [5.41, 5.74) is 3.69. The monoisotopic (exact) mass is 371 g/mol. The molecule has 0 atom stereocenters. The Bertz CT molecular complexity index is 851. The molecule has 1 aliphatic rings. The Balaban J connectivity index is 1.75. The molecule has 0 radical (unpaired) electrons. The van der Waals surface area contributed by atoms with Gasteiger partial charge in [-0.3, -0.25) is 20.0 Å². The lowest BCUT2D eigenvalue weighted by molar-refractivity contribution is -0.123. The van der Waals surface area contributed by atoms with Gasteiger partial charge in [0.05, 0.1) is 17.6 Å². The number of rotatable bonds is 4. The van der Waals surface area contributed by atoms with Crippen LogP contribution in [0.15, 0.2) is 53.7 Å². The van der Waals surface area contributed by atoms with E-state index in [2.05, 4.69) is 10.4 Å². The second-order valence-electron chi connectivity index (χ2n) is 4.97. The van der Waals surface area contributed by atoms with E-state index in [-0.39, 0.29) is 10.2 Å². The fourth-order valence-corrected chi connectivity index (χ4v) is 3.26. The minimum Gasteiger partial charge on any atom is -0.497 e. The topological polar surface area (TPSA) is 71.5 Å². The zero-order valence-electron chi connectivity index (χ0n) is 13.1. The van der Waals surface area contributed by atoms with Gasteiger partial charge < -0.3 is 4.74 Å². The molecule has 0 bridgehead atoms. The summed E-state index contributed by atoms with van der Waals surface area (Å²) in [6.07, 6.45) is 4.70. The van der Waals surface area contributed by atoms with Gasteiger partial charge in [-0.1, -0.05) is 23.9 Å².